The fourth-order valence-corrected chi connectivity index (χ4v) is 1.93. The zero-order valence-corrected chi connectivity index (χ0v) is 10.3. The van der Waals surface area contributed by atoms with Crippen LogP contribution in [0.3, 0.4) is 0 Å². The molecular formula is C13H17FN2O2. The lowest BCUT2D eigenvalue weighted by molar-refractivity contribution is -0.127. The average Bonchev–Trinajstić information content (AvgIpc) is 2.78. The van der Waals surface area contributed by atoms with E-state index in [1.54, 1.807) is 12.1 Å². The number of hydrogen-bond acceptors (Lipinski definition) is 3. The van der Waals surface area contributed by atoms with Crippen molar-refractivity contribution < 1.29 is 13.9 Å². The van der Waals surface area contributed by atoms with Gasteiger partial charge in [-0.05, 0) is 31.0 Å². The first-order valence-corrected chi connectivity index (χ1v) is 5.94. The van der Waals surface area contributed by atoms with Gasteiger partial charge in [0.2, 0.25) is 5.91 Å². The summed E-state index contributed by atoms with van der Waals surface area (Å²) in [5.74, 6) is -0.520. The minimum Gasteiger partial charge on any atom is -0.379 e. The highest BCUT2D eigenvalue weighted by molar-refractivity contribution is 5.86. The van der Waals surface area contributed by atoms with Crippen LogP contribution in [0.4, 0.5) is 4.39 Å². The maximum atomic E-state index is 12.8. The van der Waals surface area contributed by atoms with E-state index >= 15 is 0 Å². The van der Waals surface area contributed by atoms with Crippen LogP contribution < -0.4 is 11.1 Å². The highest BCUT2D eigenvalue weighted by Crippen LogP contribution is 2.18. The molecule has 1 amide bonds. The molecule has 18 heavy (non-hydrogen) atoms. The van der Waals surface area contributed by atoms with Gasteiger partial charge in [-0.2, -0.15) is 0 Å². The third-order valence-corrected chi connectivity index (χ3v) is 3.22. The number of ether oxygens (including phenoxy) is 1. The van der Waals surface area contributed by atoms with Crippen molar-refractivity contribution in [2.45, 2.75) is 24.9 Å². The van der Waals surface area contributed by atoms with Crippen molar-refractivity contribution in [1.82, 2.24) is 5.32 Å². The van der Waals surface area contributed by atoms with Crippen molar-refractivity contribution in [3.63, 3.8) is 0 Å². The molecule has 1 aromatic carbocycles. The molecule has 1 heterocycles. The van der Waals surface area contributed by atoms with Gasteiger partial charge in [0.1, 0.15) is 11.4 Å². The van der Waals surface area contributed by atoms with E-state index in [4.69, 9.17) is 10.5 Å². The van der Waals surface area contributed by atoms with Crippen molar-refractivity contribution in [3.05, 3.63) is 35.6 Å². The Labute approximate surface area is 105 Å². The minimum atomic E-state index is -0.936. The third kappa shape index (κ3) is 2.68. The molecule has 0 spiro atoms. The van der Waals surface area contributed by atoms with E-state index in [2.05, 4.69) is 5.32 Å². The normalized spacial score (nSPS) is 24.8. The number of carbonyl (C=O) groups is 1. The van der Waals surface area contributed by atoms with Gasteiger partial charge in [0, 0.05) is 6.61 Å². The highest BCUT2D eigenvalue weighted by atomic mass is 19.1. The van der Waals surface area contributed by atoms with Gasteiger partial charge < -0.3 is 15.8 Å². The maximum Gasteiger partial charge on any atom is 0.243 e. The topological polar surface area (TPSA) is 64.4 Å². The summed E-state index contributed by atoms with van der Waals surface area (Å²) in [6.07, 6.45) is 0.523. The molecule has 1 aromatic rings. The Bertz CT molecular complexity index is 427. The Balaban J connectivity index is 2.00. The Morgan fingerprint density at radius 3 is 2.72 bits per heavy atom. The summed E-state index contributed by atoms with van der Waals surface area (Å²) in [6, 6.07) is 5.83. The Kier molecular flexibility index (Phi) is 3.63. The van der Waals surface area contributed by atoms with Crippen LogP contribution >= 0.6 is 0 Å². The molecule has 0 bridgehead atoms. The van der Waals surface area contributed by atoms with Gasteiger partial charge >= 0.3 is 0 Å². The van der Waals surface area contributed by atoms with Gasteiger partial charge in [0.05, 0.1) is 12.6 Å². The maximum absolute atomic E-state index is 12.8. The van der Waals surface area contributed by atoms with Gasteiger partial charge in [-0.25, -0.2) is 4.39 Å². The first kappa shape index (κ1) is 13.0. The second kappa shape index (κ2) is 5.04. The summed E-state index contributed by atoms with van der Waals surface area (Å²) < 4.78 is 17.9. The van der Waals surface area contributed by atoms with Crippen LogP contribution in [0.2, 0.25) is 0 Å². The summed E-state index contributed by atoms with van der Waals surface area (Å²) in [6.45, 7) is 2.59. The second-order valence-corrected chi connectivity index (χ2v) is 4.71. The summed E-state index contributed by atoms with van der Waals surface area (Å²) in [7, 11) is 0. The molecule has 1 aliphatic heterocycles. The van der Waals surface area contributed by atoms with Gasteiger partial charge in [0.25, 0.3) is 0 Å². The number of carbonyl (C=O) groups excluding carboxylic acids is 1. The zero-order valence-electron chi connectivity index (χ0n) is 10.3. The molecule has 1 fully saturated rings. The number of halogens is 1. The van der Waals surface area contributed by atoms with Crippen LogP contribution in [-0.4, -0.2) is 24.7 Å². The van der Waals surface area contributed by atoms with E-state index in [1.165, 1.54) is 12.1 Å². The SMILES string of the molecule is C[C@H](NC(=O)C1(N)CCOC1)c1ccc(F)cc1. The molecule has 98 valence electrons. The van der Waals surface area contributed by atoms with E-state index in [0.717, 1.165) is 5.56 Å². The predicted octanol–water partition coefficient (Wildman–Crippen LogP) is 1.12. The van der Waals surface area contributed by atoms with E-state index in [9.17, 15) is 9.18 Å². The van der Waals surface area contributed by atoms with Gasteiger partial charge in [-0.1, -0.05) is 12.1 Å². The van der Waals surface area contributed by atoms with Crippen LogP contribution in [0, 0.1) is 5.82 Å². The van der Waals surface area contributed by atoms with E-state index < -0.39 is 5.54 Å². The molecule has 0 saturated carbocycles. The second-order valence-electron chi connectivity index (χ2n) is 4.71. The number of benzene rings is 1. The molecule has 5 heteroatoms. The first-order valence-electron chi connectivity index (χ1n) is 5.94. The lowest BCUT2D eigenvalue weighted by atomic mass is 9.98. The van der Waals surface area contributed by atoms with Gasteiger partial charge in [-0.3, -0.25) is 4.79 Å². The van der Waals surface area contributed by atoms with E-state index in [0.29, 0.717) is 13.0 Å². The summed E-state index contributed by atoms with van der Waals surface area (Å²) in [5, 5.41) is 2.83. The summed E-state index contributed by atoms with van der Waals surface area (Å²) >= 11 is 0. The molecule has 4 nitrogen and oxygen atoms in total. The van der Waals surface area contributed by atoms with Crippen molar-refractivity contribution in [2.75, 3.05) is 13.2 Å². The number of nitrogens with two attached hydrogens (primary N) is 1. The predicted molar refractivity (Wildman–Crippen MR) is 65.3 cm³/mol. The van der Waals surface area contributed by atoms with Crippen molar-refractivity contribution in [3.8, 4) is 0 Å². The molecule has 0 radical (unpaired) electrons. The van der Waals surface area contributed by atoms with Crippen LogP contribution in [0.25, 0.3) is 0 Å². The highest BCUT2D eigenvalue weighted by Gasteiger charge is 2.38. The third-order valence-electron chi connectivity index (χ3n) is 3.22. The molecule has 3 N–H and O–H groups in total. The quantitative estimate of drug-likeness (QED) is 0.847. The number of nitrogens with one attached hydrogen (secondary N) is 1. The molecule has 2 rings (SSSR count). The molecule has 0 aliphatic carbocycles. The fraction of sp³-hybridized carbons (Fsp3) is 0.462. The van der Waals surface area contributed by atoms with Crippen LogP contribution in [0.1, 0.15) is 24.9 Å². The van der Waals surface area contributed by atoms with E-state index in [-0.39, 0.29) is 24.4 Å². The van der Waals surface area contributed by atoms with Gasteiger partial charge in [0.15, 0.2) is 0 Å². The first-order chi connectivity index (χ1) is 8.51. The number of rotatable bonds is 3. The minimum absolute atomic E-state index is 0.209. The molecule has 1 saturated heterocycles. The Hall–Kier alpha value is -1.46. The van der Waals surface area contributed by atoms with Crippen molar-refractivity contribution in [2.24, 2.45) is 5.73 Å². The Morgan fingerprint density at radius 1 is 1.50 bits per heavy atom. The smallest absolute Gasteiger partial charge is 0.243 e. The molecular weight excluding hydrogens is 235 g/mol. The van der Waals surface area contributed by atoms with E-state index in [1.807, 2.05) is 6.92 Å². The Morgan fingerprint density at radius 2 is 2.17 bits per heavy atom. The standard InChI is InChI=1S/C13H17FN2O2/c1-9(10-2-4-11(14)5-3-10)16-12(17)13(15)6-7-18-8-13/h2-5,9H,6-8,15H2,1H3,(H,16,17)/t9-,13?/m0/s1. The molecule has 0 aromatic heterocycles. The van der Waals surface area contributed by atoms with Crippen LogP contribution in [-0.2, 0) is 9.53 Å². The molecule has 2 atom stereocenters. The van der Waals surface area contributed by atoms with Crippen molar-refractivity contribution >= 4 is 5.91 Å². The lowest BCUT2D eigenvalue weighted by Crippen LogP contribution is -2.54. The summed E-state index contributed by atoms with van der Waals surface area (Å²) in [4.78, 5) is 12.0. The summed E-state index contributed by atoms with van der Waals surface area (Å²) in [5.41, 5.74) is 5.86. The molecule has 1 aliphatic rings. The number of amides is 1. The zero-order chi connectivity index (χ0) is 13.2. The fourth-order valence-electron chi connectivity index (χ4n) is 1.93. The van der Waals surface area contributed by atoms with Crippen molar-refractivity contribution in [1.29, 1.82) is 0 Å². The lowest BCUT2D eigenvalue weighted by Gasteiger charge is -2.24. The largest absolute Gasteiger partial charge is 0.379 e. The average molecular weight is 252 g/mol. The van der Waals surface area contributed by atoms with Crippen LogP contribution in [0.5, 0.6) is 0 Å². The number of hydrogen-bond donors (Lipinski definition) is 2. The molecule has 1 unspecified atom stereocenters. The monoisotopic (exact) mass is 252 g/mol. The van der Waals surface area contributed by atoms with Crippen LogP contribution in [0.15, 0.2) is 24.3 Å². The van der Waals surface area contributed by atoms with Gasteiger partial charge in [-0.15, -0.1) is 0 Å².